The summed E-state index contributed by atoms with van der Waals surface area (Å²) >= 11 is 0. The number of rotatable bonds is 4. The van der Waals surface area contributed by atoms with Gasteiger partial charge in [0, 0.05) is 13.0 Å². The molecule has 1 aliphatic rings. The summed E-state index contributed by atoms with van der Waals surface area (Å²) in [4.78, 5) is 13.6. The summed E-state index contributed by atoms with van der Waals surface area (Å²) < 4.78 is 66.4. The van der Waals surface area contributed by atoms with E-state index in [1.807, 2.05) is 0 Å². The molecule has 28 heavy (non-hydrogen) atoms. The van der Waals surface area contributed by atoms with E-state index in [1.54, 1.807) is 33.9 Å². The minimum atomic E-state index is -3.26. The maximum Gasteiger partial charge on any atom is 0.412 e. The highest BCUT2D eigenvalue weighted by Gasteiger charge is 2.46. The second-order valence-electron chi connectivity index (χ2n) is 7.55. The molecule has 1 fully saturated rings. The molecule has 2 rings (SSSR count). The Morgan fingerprint density at radius 2 is 2.18 bits per heavy atom. The molecule has 0 aliphatic carbocycles. The van der Waals surface area contributed by atoms with Crippen LogP contribution in [0.3, 0.4) is 0 Å². The number of nitriles is 1. The molecule has 0 saturated carbocycles. The molecule has 7 nitrogen and oxygen atoms in total. The van der Waals surface area contributed by atoms with Crippen molar-refractivity contribution in [2.24, 2.45) is 0 Å². The number of hydrogen-bond acceptors (Lipinski definition) is 6. The van der Waals surface area contributed by atoms with Crippen molar-refractivity contribution in [2.45, 2.75) is 44.8 Å². The van der Waals surface area contributed by atoms with Gasteiger partial charge in [0.2, 0.25) is 0 Å². The lowest BCUT2D eigenvalue weighted by molar-refractivity contribution is -0.135. The molecule has 154 valence electrons. The topological polar surface area (TPSA) is 83.8 Å². The zero-order valence-corrected chi connectivity index (χ0v) is 16.1. The monoisotopic (exact) mass is 400 g/mol. The van der Waals surface area contributed by atoms with Crippen molar-refractivity contribution in [1.82, 2.24) is 4.90 Å². The number of anilines is 1. The number of alkyl halides is 2. The van der Waals surface area contributed by atoms with E-state index in [4.69, 9.17) is 18.3 Å². The Labute approximate surface area is 167 Å². The Kier molecular flexibility index (Phi) is 5.11. The average Bonchev–Trinajstić information content (AvgIpc) is 2.56. The standard InChI is InChI=1S/C19H25F2N3O4/c1-18(2,3)28-17(25)23-13-6-7-14(26-5)16(12(13)10-22)27-15-8-9-24(4)11-19(15,20)21/h6-7,15H,8-9,11H2,1-5H3,(H,23,25)/i5D3. The van der Waals surface area contributed by atoms with Gasteiger partial charge >= 0.3 is 6.09 Å². The van der Waals surface area contributed by atoms with Gasteiger partial charge in [0.25, 0.3) is 5.92 Å². The number of piperidine rings is 1. The predicted molar refractivity (Wildman–Crippen MR) is 99.0 cm³/mol. The van der Waals surface area contributed by atoms with Crippen LogP contribution >= 0.6 is 0 Å². The van der Waals surface area contributed by atoms with E-state index < -0.39 is 48.8 Å². The van der Waals surface area contributed by atoms with Crippen molar-refractivity contribution in [1.29, 1.82) is 5.26 Å². The van der Waals surface area contributed by atoms with Crippen LogP contribution in [0.25, 0.3) is 0 Å². The van der Waals surface area contributed by atoms with Gasteiger partial charge in [0.1, 0.15) is 17.2 Å². The van der Waals surface area contributed by atoms with E-state index >= 15 is 0 Å². The Hall–Kier alpha value is -2.60. The maximum absolute atomic E-state index is 14.5. The quantitative estimate of drug-likeness (QED) is 0.831. The lowest BCUT2D eigenvalue weighted by Gasteiger charge is -2.36. The first-order valence-corrected chi connectivity index (χ1v) is 8.60. The molecule has 1 unspecified atom stereocenters. The minimum absolute atomic E-state index is 0.0642. The van der Waals surface area contributed by atoms with E-state index in [9.17, 15) is 18.8 Å². The molecule has 1 saturated heterocycles. The predicted octanol–water partition coefficient (Wildman–Crippen LogP) is 3.63. The van der Waals surface area contributed by atoms with E-state index in [2.05, 4.69) is 5.32 Å². The molecule has 1 aromatic carbocycles. The van der Waals surface area contributed by atoms with Gasteiger partial charge in [0.05, 0.1) is 23.4 Å². The molecule has 0 bridgehead atoms. The molecule has 9 heteroatoms. The minimum Gasteiger partial charge on any atom is -0.493 e. The van der Waals surface area contributed by atoms with Crippen molar-refractivity contribution in [3.8, 4) is 17.6 Å². The largest absolute Gasteiger partial charge is 0.493 e. The number of carbonyl (C=O) groups excluding carboxylic acids is 1. The van der Waals surface area contributed by atoms with Crippen LogP contribution in [-0.4, -0.2) is 55.8 Å². The molecule has 1 aliphatic heterocycles. The van der Waals surface area contributed by atoms with E-state index in [0.717, 1.165) is 6.07 Å². The molecule has 1 N–H and O–H groups in total. The molecule has 0 aromatic heterocycles. The number of hydrogen-bond donors (Lipinski definition) is 1. The smallest absolute Gasteiger partial charge is 0.412 e. The number of nitrogens with zero attached hydrogens (tertiary/aromatic N) is 2. The summed E-state index contributed by atoms with van der Waals surface area (Å²) in [6.45, 7) is 4.67. The third-order valence-electron chi connectivity index (χ3n) is 3.96. The molecular weight excluding hydrogens is 372 g/mol. The number of carbonyl (C=O) groups is 1. The summed E-state index contributed by atoms with van der Waals surface area (Å²) in [6.07, 6.45) is -2.57. The highest BCUT2D eigenvalue weighted by atomic mass is 19.3. The second kappa shape index (κ2) is 8.19. The van der Waals surface area contributed by atoms with Gasteiger partial charge in [-0.15, -0.1) is 0 Å². The number of likely N-dealkylation sites (tertiary alicyclic amines) is 1. The first-order valence-electron chi connectivity index (χ1n) is 10.1. The lowest BCUT2D eigenvalue weighted by Crippen LogP contribution is -2.52. The highest BCUT2D eigenvalue weighted by molar-refractivity contribution is 5.88. The van der Waals surface area contributed by atoms with Gasteiger partial charge in [-0.2, -0.15) is 5.26 Å². The molecule has 1 heterocycles. The van der Waals surface area contributed by atoms with E-state index in [0.29, 0.717) is 6.54 Å². The van der Waals surface area contributed by atoms with Crippen molar-refractivity contribution >= 4 is 11.8 Å². The molecular formula is C19H25F2N3O4. The molecule has 0 radical (unpaired) electrons. The number of amides is 1. The Balaban J connectivity index is 2.46. The van der Waals surface area contributed by atoms with Gasteiger partial charge in [-0.05, 0) is 40.0 Å². The van der Waals surface area contributed by atoms with Crippen LogP contribution in [0.2, 0.25) is 0 Å². The highest BCUT2D eigenvalue weighted by Crippen LogP contribution is 2.40. The normalized spacial score (nSPS) is 21.5. The van der Waals surface area contributed by atoms with Crippen molar-refractivity contribution in [3.63, 3.8) is 0 Å². The van der Waals surface area contributed by atoms with Gasteiger partial charge in [-0.25, -0.2) is 13.6 Å². The summed E-state index contributed by atoms with van der Waals surface area (Å²) in [7, 11) is -1.38. The SMILES string of the molecule is [2H]C([2H])([2H])Oc1ccc(NC(=O)OC(C)(C)C)c(C#N)c1OC1CCN(C)CC1(F)F. The van der Waals surface area contributed by atoms with Crippen molar-refractivity contribution in [3.05, 3.63) is 17.7 Å². The summed E-state index contributed by atoms with van der Waals surface area (Å²) in [5, 5.41) is 12.0. The molecule has 1 amide bonds. The fraction of sp³-hybridized carbons (Fsp3) is 0.579. The zero-order valence-electron chi connectivity index (χ0n) is 19.1. The van der Waals surface area contributed by atoms with Crippen LogP contribution < -0.4 is 14.8 Å². The van der Waals surface area contributed by atoms with Gasteiger partial charge in [-0.3, -0.25) is 5.32 Å². The number of halogens is 2. The van der Waals surface area contributed by atoms with Gasteiger partial charge in [-0.1, -0.05) is 0 Å². The maximum atomic E-state index is 14.5. The number of benzene rings is 1. The third-order valence-corrected chi connectivity index (χ3v) is 3.96. The van der Waals surface area contributed by atoms with Crippen LogP contribution in [0.1, 0.15) is 36.9 Å². The summed E-state index contributed by atoms with van der Waals surface area (Å²) in [5.41, 5.74) is -1.28. The zero-order chi connectivity index (χ0) is 23.6. The molecule has 1 atom stereocenters. The third kappa shape index (κ3) is 5.23. The van der Waals surface area contributed by atoms with E-state index in [-0.39, 0.29) is 17.7 Å². The Bertz CT molecular complexity index is 867. The van der Waals surface area contributed by atoms with Gasteiger partial charge in [0.15, 0.2) is 17.6 Å². The fourth-order valence-electron chi connectivity index (χ4n) is 2.77. The van der Waals surface area contributed by atoms with Crippen LogP contribution in [-0.2, 0) is 4.74 Å². The molecule has 0 spiro atoms. The van der Waals surface area contributed by atoms with E-state index in [1.165, 1.54) is 11.0 Å². The van der Waals surface area contributed by atoms with Crippen LogP contribution in [0.5, 0.6) is 11.5 Å². The molecule has 1 aromatic rings. The Morgan fingerprint density at radius 3 is 2.75 bits per heavy atom. The van der Waals surface area contributed by atoms with Crippen molar-refractivity contribution in [2.75, 3.05) is 32.5 Å². The van der Waals surface area contributed by atoms with Gasteiger partial charge < -0.3 is 19.1 Å². The van der Waals surface area contributed by atoms with Crippen molar-refractivity contribution < 1.29 is 31.9 Å². The number of methoxy groups -OCH3 is 1. The summed E-state index contributed by atoms with van der Waals surface area (Å²) in [6, 6.07) is 4.11. The van der Waals surface area contributed by atoms with Crippen LogP contribution in [0.4, 0.5) is 19.3 Å². The van der Waals surface area contributed by atoms with Crippen LogP contribution in [0, 0.1) is 11.3 Å². The second-order valence-corrected chi connectivity index (χ2v) is 7.55. The average molecular weight is 400 g/mol. The fourth-order valence-corrected chi connectivity index (χ4v) is 2.77. The number of nitrogens with one attached hydrogen (secondary N) is 1. The Morgan fingerprint density at radius 1 is 1.46 bits per heavy atom. The van der Waals surface area contributed by atoms with Crippen LogP contribution in [0.15, 0.2) is 12.1 Å². The lowest BCUT2D eigenvalue weighted by atomic mass is 10.0. The first kappa shape index (κ1) is 17.5. The first-order chi connectivity index (χ1) is 14.1. The number of ether oxygens (including phenoxy) is 3. The summed E-state index contributed by atoms with van der Waals surface area (Å²) in [5.74, 6) is -4.16.